The molecule has 0 radical (unpaired) electrons. The van der Waals surface area contributed by atoms with Crippen LogP contribution < -0.4 is 10.6 Å². The molecule has 1 saturated carbocycles. The van der Waals surface area contributed by atoms with E-state index < -0.39 is 0 Å². The first kappa shape index (κ1) is 18.2. The molecule has 1 atom stereocenters. The summed E-state index contributed by atoms with van der Waals surface area (Å²) in [5, 5.41) is 17.0. The van der Waals surface area contributed by atoms with E-state index in [1.807, 2.05) is 26.0 Å². The van der Waals surface area contributed by atoms with Crippen LogP contribution >= 0.6 is 23.2 Å². The van der Waals surface area contributed by atoms with Crippen molar-refractivity contribution in [2.45, 2.75) is 38.6 Å². The average Bonchev–Trinajstić information content (AvgIpc) is 3.40. The summed E-state index contributed by atoms with van der Waals surface area (Å²) >= 11 is 12.0. The van der Waals surface area contributed by atoms with Gasteiger partial charge in [-0.05, 0) is 37.0 Å². The Kier molecular flexibility index (Phi) is 5.67. The maximum absolute atomic E-state index is 9.55. The minimum atomic E-state index is -0.0905. The van der Waals surface area contributed by atoms with Crippen molar-refractivity contribution < 1.29 is 5.11 Å². The molecule has 1 aliphatic carbocycles. The minimum Gasteiger partial charge on any atom is -0.394 e. The zero-order valence-corrected chi connectivity index (χ0v) is 15.8. The third kappa shape index (κ3) is 4.75. The lowest BCUT2D eigenvalue weighted by Gasteiger charge is -2.20. The maximum atomic E-state index is 9.55. The summed E-state index contributed by atoms with van der Waals surface area (Å²) in [6.07, 6.45) is 2.30. The molecule has 0 amide bonds. The van der Waals surface area contributed by atoms with Crippen LogP contribution in [0.25, 0.3) is 0 Å². The molecule has 0 unspecified atom stereocenters. The number of anilines is 3. The highest BCUT2D eigenvalue weighted by Gasteiger charge is 2.26. The van der Waals surface area contributed by atoms with E-state index in [0.717, 1.165) is 24.2 Å². The van der Waals surface area contributed by atoms with Gasteiger partial charge in [0, 0.05) is 17.7 Å². The lowest BCUT2D eigenvalue weighted by Crippen LogP contribution is -2.30. The highest BCUT2D eigenvalue weighted by atomic mass is 35.5. The zero-order chi connectivity index (χ0) is 18.0. The van der Waals surface area contributed by atoms with E-state index in [9.17, 15) is 5.11 Å². The quantitative estimate of drug-likeness (QED) is 0.641. The normalized spacial score (nSPS) is 15.3. The Morgan fingerprint density at radius 3 is 2.52 bits per heavy atom. The van der Waals surface area contributed by atoms with Crippen LogP contribution in [-0.2, 0) is 0 Å². The summed E-state index contributed by atoms with van der Waals surface area (Å²) in [5.41, 5.74) is 1.82. The van der Waals surface area contributed by atoms with Gasteiger partial charge in [0.15, 0.2) is 0 Å². The van der Waals surface area contributed by atoms with E-state index in [1.54, 1.807) is 12.1 Å². The molecule has 2 aromatic rings. The van der Waals surface area contributed by atoms with Crippen molar-refractivity contribution in [1.82, 2.24) is 9.97 Å². The predicted octanol–water partition coefficient (Wildman–Crippen LogP) is 4.83. The Labute approximate surface area is 157 Å². The number of aliphatic hydroxyl groups is 1. The Morgan fingerprint density at radius 2 is 1.92 bits per heavy atom. The summed E-state index contributed by atoms with van der Waals surface area (Å²) in [5.74, 6) is 1.98. The molecule has 1 aromatic heterocycles. The first-order valence-electron chi connectivity index (χ1n) is 8.44. The van der Waals surface area contributed by atoms with Gasteiger partial charge in [-0.1, -0.05) is 37.0 Å². The number of aromatic nitrogens is 2. The van der Waals surface area contributed by atoms with Crippen molar-refractivity contribution in [2.24, 2.45) is 5.92 Å². The fourth-order valence-corrected chi connectivity index (χ4v) is 2.79. The third-order valence-electron chi connectivity index (χ3n) is 4.25. The van der Waals surface area contributed by atoms with E-state index >= 15 is 0 Å². The number of rotatable bonds is 7. The monoisotopic (exact) mass is 380 g/mol. The lowest BCUT2D eigenvalue weighted by atomic mass is 10.1. The molecular formula is C18H22Cl2N4O. The fraction of sp³-hybridized carbons (Fsp3) is 0.444. The van der Waals surface area contributed by atoms with E-state index in [-0.39, 0.29) is 18.6 Å². The van der Waals surface area contributed by atoms with E-state index in [0.29, 0.717) is 27.7 Å². The van der Waals surface area contributed by atoms with Crippen molar-refractivity contribution in [3.8, 4) is 0 Å². The molecule has 1 heterocycles. The van der Waals surface area contributed by atoms with Gasteiger partial charge in [-0.2, -0.15) is 4.98 Å². The van der Waals surface area contributed by atoms with Crippen molar-refractivity contribution >= 4 is 40.7 Å². The van der Waals surface area contributed by atoms with Crippen LogP contribution in [0.3, 0.4) is 0 Å². The minimum absolute atomic E-state index is 0.0320. The second-order valence-electron chi connectivity index (χ2n) is 6.71. The summed E-state index contributed by atoms with van der Waals surface area (Å²) in [6.45, 7) is 4.13. The molecule has 1 fully saturated rings. The highest BCUT2D eigenvalue weighted by molar-refractivity contribution is 6.42. The Morgan fingerprint density at radius 1 is 1.16 bits per heavy atom. The van der Waals surface area contributed by atoms with Crippen LogP contribution in [0.2, 0.25) is 10.0 Å². The predicted molar refractivity (Wildman–Crippen MR) is 103 cm³/mol. The molecule has 134 valence electrons. The summed E-state index contributed by atoms with van der Waals surface area (Å²) in [6, 6.07) is 7.24. The van der Waals surface area contributed by atoms with Gasteiger partial charge >= 0.3 is 0 Å². The van der Waals surface area contributed by atoms with Gasteiger partial charge in [-0.25, -0.2) is 4.98 Å². The van der Waals surface area contributed by atoms with Crippen LogP contribution in [0.15, 0.2) is 24.3 Å². The molecule has 7 heteroatoms. The SMILES string of the molecule is CC(C)[C@H](CO)Nc1nc(Nc2ccc(Cl)c(Cl)c2)cc(C2CC2)n1. The van der Waals surface area contributed by atoms with Crippen LogP contribution in [0.4, 0.5) is 17.5 Å². The summed E-state index contributed by atoms with van der Waals surface area (Å²) < 4.78 is 0. The largest absolute Gasteiger partial charge is 0.394 e. The Bertz CT molecular complexity index is 750. The smallest absolute Gasteiger partial charge is 0.225 e. The van der Waals surface area contributed by atoms with Crippen LogP contribution in [0.1, 0.15) is 38.3 Å². The van der Waals surface area contributed by atoms with Crippen molar-refractivity contribution in [3.63, 3.8) is 0 Å². The van der Waals surface area contributed by atoms with Gasteiger partial charge in [0.25, 0.3) is 0 Å². The Hall–Kier alpha value is -1.56. The van der Waals surface area contributed by atoms with E-state index in [4.69, 9.17) is 23.2 Å². The number of hydrogen-bond acceptors (Lipinski definition) is 5. The summed E-state index contributed by atoms with van der Waals surface area (Å²) in [4.78, 5) is 9.16. The number of nitrogens with zero attached hydrogens (tertiary/aromatic N) is 2. The number of benzene rings is 1. The Balaban J connectivity index is 1.86. The third-order valence-corrected chi connectivity index (χ3v) is 4.99. The average molecular weight is 381 g/mol. The van der Waals surface area contributed by atoms with Crippen molar-refractivity contribution in [3.05, 3.63) is 40.0 Å². The fourth-order valence-electron chi connectivity index (χ4n) is 2.49. The molecule has 1 aliphatic rings. The molecule has 3 rings (SSSR count). The van der Waals surface area contributed by atoms with Crippen molar-refractivity contribution in [1.29, 1.82) is 0 Å². The van der Waals surface area contributed by atoms with Gasteiger partial charge in [-0.3, -0.25) is 0 Å². The lowest BCUT2D eigenvalue weighted by molar-refractivity contribution is 0.248. The number of hydrogen-bond donors (Lipinski definition) is 3. The molecule has 25 heavy (non-hydrogen) atoms. The molecule has 0 bridgehead atoms. The zero-order valence-electron chi connectivity index (χ0n) is 14.3. The van der Waals surface area contributed by atoms with Gasteiger partial charge in [0.1, 0.15) is 5.82 Å². The van der Waals surface area contributed by atoms with Gasteiger partial charge < -0.3 is 15.7 Å². The molecule has 3 N–H and O–H groups in total. The standard InChI is InChI=1S/C18H22Cl2N4O/c1-10(2)16(9-25)23-18-22-15(11-3-4-11)8-17(24-18)21-12-5-6-13(19)14(20)7-12/h5-8,10-11,16,25H,3-4,9H2,1-2H3,(H2,21,22,23,24)/t16-/m0/s1. The second-order valence-corrected chi connectivity index (χ2v) is 7.52. The van der Waals surface area contributed by atoms with Crippen LogP contribution in [0.5, 0.6) is 0 Å². The second kappa shape index (κ2) is 7.77. The van der Waals surface area contributed by atoms with Gasteiger partial charge in [-0.15, -0.1) is 0 Å². The van der Waals surface area contributed by atoms with Crippen LogP contribution in [-0.4, -0.2) is 27.7 Å². The first-order valence-corrected chi connectivity index (χ1v) is 9.20. The van der Waals surface area contributed by atoms with Crippen molar-refractivity contribution in [2.75, 3.05) is 17.2 Å². The van der Waals surface area contributed by atoms with E-state index in [1.165, 1.54) is 0 Å². The van der Waals surface area contributed by atoms with Crippen LogP contribution in [0, 0.1) is 5.92 Å². The number of halogens is 2. The van der Waals surface area contributed by atoms with Gasteiger partial charge in [0.05, 0.1) is 28.4 Å². The number of aliphatic hydroxyl groups excluding tert-OH is 1. The maximum Gasteiger partial charge on any atom is 0.225 e. The molecule has 1 aromatic carbocycles. The number of nitrogens with one attached hydrogen (secondary N) is 2. The molecule has 0 aliphatic heterocycles. The highest BCUT2D eigenvalue weighted by Crippen LogP contribution is 2.40. The topological polar surface area (TPSA) is 70.1 Å². The van der Waals surface area contributed by atoms with E-state index in [2.05, 4.69) is 20.6 Å². The molecule has 5 nitrogen and oxygen atoms in total. The molecule has 0 spiro atoms. The van der Waals surface area contributed by atoms with Gasteiger partial charge in [0.2, 0.25) is 5.95 Å². The summed E-state index contributed by atoms with van der Waals surface area (Å²) in [7, 11) is 0. The molecular weight excluding hydrogens is 359 g/mol. The molecule has 0 saturated heterocycles. The first-order chi connectivity index (χ1) is 12.0.